The summed E-state index contributed by atoms with van der Waals surface area (Å²) in [7, 11) is 0. The molecule has 0 saturated carbocycles. The first-order valence-corrected chi connectivity index (χ1v) is 8.31. The smallest absolute Gasteiger partial charge is 0.245 e. The lowest BCUT2D eigenvalue weighted by Crippen LogP contribution is -2.50. The largest absolute Gasteiger partial charge is 0.378 e. The van der Waals surface area contributed by atoms with E-state index in [2.05, 4.69) is 9.97 Å². The number of hydrogen-bond acceptors (Lipinski definition) is 5. The Kier molecular flexibility index (Phi) is 4.20. The Morgan fingerprint density at radius 3 is 2.84 bits per heavy atom. The zero-order valence-electron chi connectivity index (χ0n) is 13.6. The maximum absolute atomic E-state index is 14.4. The van der Waals surface area contributed by atoms with Crippen LogP contribution in [0.5, 0.6) is 0 Å². The number of carbonyl (C=O) groups is 1. The Morgan fingerprint density at radius 1 is 1.24 bits per heavy atom. The predicted molar refractivity (Wildman–Crippen MR) is 87.5 cm³/mol. The van der Waals surface area contributed by atoms with E-state index in [0.717, 1.165) is 0 Å². The summed E-state index contributed by atoms with van der Waals surface area (Å²) in [6.45, 7) is 1.93. The second kappa shape index (κ2) is 6.51. The van der Waals surface area contributed by atoms with Gasteiger partial charge in [0.05, 0.1) is 30.7 Å². The molecule has 2 saturated heterocycles. The van der Waals surface area contributed by atoms with E-state index in [1.165, 1.54) is 12.4 Å². The lowest BCUT2D eigenvalue weighted by molar-refractivity contribution is -0.136. The molecule has 0 unspecified atom stereocenters. The van der Waals surface area contributed by atoms with Gasteiger partial charge in [-0.15, -0.1) is 0 Å². The van der Waals surface area contributed by atoms with Crippen LogP contribution in [0.2, 0.25) is 0 Å². The average molecular weight is 348 g/mol. The summed E-state index contributed by atoms with van der Waals surface area (Å²) in [6.07, 6.45) is 0.238. The van der Waals surface area contributed by atoms with Crippen LogP contribution in [-0.2, 0) is 9.53 Å². The maximum atomic E-state index is 14.4. The van der Waals surface area contributed by atoms with E-state index < -0.39 is 18.0 Å². The highest BCUT2D eigenvalue weighted by Gasteiger charge is 2.41. The summed E-state index contributed by atoms with van der Waals surface area (Å²) < 4.78 is 33.8. The second-order valence-corrected chi connectivity index (χ2v) is 6.27. The van der Waals surface area contributed by atoms with Crippen LogP contribution in [0.25, 0.3) is 10.9 Å². The predicted octanol–water partition coefficient (Wildman–Crippen LogP) is 1.54. The minimum absolute atomic E-state index is 0.0151. The lowest BCUT2D eigenvalue weighted by atomic mass is 10.1. The molecular formula is C17H18F2N4O2. The van der Waals surface area contributed by atoms with E-state index in [9.17, 15) is 13.6 Å². The summed E-state index contributed by atoms with van der Waals surface area (Å²) in [6, 6.07) is 3.86. The third-order valence-electron chi connectivity index (χ3n) is 4.72. The Balaban J connectivity index is 1.72. The van der Waals surface area contributed by atoms with Gasteiger partial charge < -0.3 is 14.5 Å². The Hall–Kier alpha value is -2.35. The highest BCUT2D eigenvalue weighted by atomic mass is 19.1. The minimum atomic E-state index is -1.16. The van der Waals surface area contributed by atoms with Gasteiger partial charge in [-0.2, -0.15) is 0 Å². The Morgan fingerprint density at radius 2 is 2.04 bits per heavy atom. The van der Waals surface area contributed by atoms with E-state index in [1.54, 1.807) is 21.9 Å². The van der Waals surface area contributed by atoms with E-state index in [1.807, 2.05) is 0 Å². The molecule has 2 aromatic rings. The molecule has 4 rings (SSSR count). The number of aromatic nitrogens is 2. The summed E-state index contributed by atoms with van der Waals surface area (Å²) in [5, 5.41) is 0.221. The van der Waals surface area contributed by atoms with Crippen LogP contribution in [0.15, 0.2) is 24.5 Å². The van der Waals surface area contributed by atoms with Crippen LogP contribution in [0, 0.1) is 5.82 Å². The quantitative estimate of drug-likeness (QED) is 0.824. The van der Waals surface area contributed by atoms with Gasteiger partial charge in [0.15, 0.2) is 0 Å². The van der Waals surface area contributed by atoms with Gasteiger partial charge in [0.2, 0.25) is 5.91 Å². The van der Waals surface area contributed by atoms with Gasteiger partial charge in [-0.25, -0.2) is 18.7 Å². The number of halogens is 2. The summed E-state index contributed by atoms with van der Waals surface area (Å²) in [4.78, 5) is 24.4. The van der Waals surface area contributed by atoms with Crippen LogP contribution >= 0.6 is 0 Å². The molecular weight excluding hydrogens is 330 g/mol. The normalized spacial score (nSPS) is 24.1. The van der Waals surface area contributed by atoms with Crippen LogP contribution in [0.1, 0.15) is 6.42 Å². The number of nitrogens with zero attached hydrogens (tertiary/aromatic N) is 4. The van der Waals surface area contributed by atoms with Crippen molar-refractivity contribution in [3.05, 3.63) is 30.3 Å². The zero-order valence-corrected chi connectivity index (χ0v) is 13.6. The molecule has 1 aromatic heterocycles. The van der Waals surface area contributed by atoms with Gasteiger partial charge in [-0.05, 0) is 12.1 Å². The molecule has 2 atom stereocenters. The van der Waals surface area contributed by atoms with Crippen LogP contribution in [0.3, 0.4) is 0 Å². The van der Waals surface area contributed by atoms with Crippen molar-refractivity contribution in [3.8, 4) is 0 Å². The number of alkyl halides is 1. The minimum Gasteiger partial charge on any atom is -0.378 e. The summed E-state index contributed by atoms with van der Waals surface area (Å²) >= 11 is 0. The zero-order chi connectivity index (χ0) is 17.4. The molecule has 0 bridgehead atoms. The van der Waals surface area contributed by atoms with Crippen molar-refractivity contribution in [1.29, 1.82) is 0 Å². The van der Waals surface area contributed by atoms with Crippen molar-refractivity contribution in [2.45, 2.75) is 18.6 Å². The average Bonchev–Trinajstić information content (AvgIpc) is 3.03. The van der Waals surface area contributed by atoms with E-state index >= 15 is 0 Å². The SMILES string of the molecule is O=C([C@@H]1C[C@@H](F)CN1c1ncnc2cccc(F)c12)N1CCOCC1. The van der Waals surface area contributed by atoms with Crippen molar-refractivity contribution in [3.63, 3.8) is 0 Å². The third kappa shape index (κ3) is 2.90. The number of carbonyl (C=O) groups excluding carboxylic acids is 1. The molecule has 1 aromatic carbocycles. The monoisotopic (exact) mass is 348 g/mol. The fourth-order valence-corrected chi connectivity index (χ4v) is 3.52. The number of hydrogen-bond donors (Lipinski definition) is 0. The molecule has 2 fully saturated rings. The van der Waals surface area contributed by atoms with Crippen molar-refractivity contribution >= 4 is 22.6 Å². The molecule has 0 spiro atoms. The van der Waals surface area contributed by atoms with Gasteiger partial charge in [-0.1, -0.05) is 6.07 Å². The Labute approximate surface area is 143 Å². The molecule has 25 heavy (non-hydrogen) atoms. The molecule has 2 aliphatic heterocycles. The van der Waals surface area contributed by atoms with Gasteiger partial charge in [-0.3, -0.25) is 4.79 Å². The van der Waals surface area contributed by atoms with Crippen molar-refractivity contribution in [2.75, 3.05) is 37.7 Å². The topological polar surface area (TPSA) is 58.6 Å². The van der Waals surface area contributed by atoms with Gasteiger partial charge in [0.25, 0.3) is 0 Å². The molecule has 3 heterocycles. The number of amides is 1. The second-order valence-electron chi connectivity index (χ2n) is 6.27. The van der Waals surface area contributed by atoms with Crippen molar-refractivity contribution in [1.82, 2.24) is 14.9 Å². The molecule has 8 heteroatoms. The van der Waals surface area contributed by atoms with Gasteiger partial charge in [0, 0.05) is 19.5 Å². The molecule has 6 nitrogen and oxygen atoms in total. The van der Waals surface area contributed by atoms with Gasteiger partial charge in [0.1, 0.15) is 30.2 Å². The lowest BCUT2D eigenvalue weighted by Gasteiger charge is -2.33. The molecule has 0 aliphatic carbocycles. The fraction of sp³-hybridized carbons (Fsp3) is 0.471. The number of anilines is 1. The van der Waals surface area contributed by atoms with Crippen LogP contribution < -0.4 is 4.90 Å². The number of benzene rings is 1. The molecule has 1 amide bonds. The first-order valence-electron chi connectivity index (χ1n) is 8.31. The van der Waals surface area contributed by atoms with Crippen LogP contribution in [0.4, 0.5) is 14.6 Å². The highest BCUT2D eigenvalue weighted by molar-refractivity contribution is 5.93. The number of morpholine rings is 1. The Bertz CT molecular complexity index is 792. The number of rotatable bonds is 2. The van der Waals surface area contributed by atoms with E-state index in [0.29, 0.717) is 31.8 Å². The van der Waals surface area contributed by atoms with E-state index in [-0.39, 0.29) is 30.1 Å². The molecule has 0 radical (unpaired) electrons. The molecule has 0 N–H and O–H groups in total. The summed E-state index contributed by atoms with van der Waals surface area (Å²) in [5.74, 6) is -0.366. The van der Waals surface area contributed by atoms with Crippen molar-refractivity contribution < 1.29 is 18.3 Å². The highest BCUT2D eigenvalue weighted by Crippen LogP contribution is 2.33. The number of ether oxygens (including phenoxy) is 1. The van der Waals surface area contributed by atoms with Crippen LogP contribution in [-0.4, -0.2) is 65.8 Å². The van der Waals surface area contributed by atoms with E-state index in [4.69, 9.17) is 4.74 Å². The third-order valence-corrected chi connectivity index (χ3v) is 4.72. The van der Waals surface area contributed by atoms with Crippen molar-refractivity contribution in [2.24, 2.45) is 0 Å². The summed E-state index contributed by atoms with van der Waals surface area (Å²) in [5.41, 5.74) is 0.435. The fourth-order valence-electron chi connectivity index (χ4n) is 3.52. The molecule has 132 valence electrons. The number of fused-ring (bicyclic) bond motifs is 1. The van der Waals surface area contributed by atoms with Gasteiger partial charge >= 0.3 is 0 Å². The maximum Gasteiger partial charge on any atom is 0.245 e. The first kappa shape index (κ1) is 16.1. The standard InChI is InChI=1S/C17H18F2N4O2/c18-11-8-14(17(24)22-4-6-25-7-5-22)23(9-11)16-15-12(19)2-1-3-13(15)20-10-21-16/h1-3,10-11,14H,4-9H2/t11-,14+/m1/s1. The molecule has 2 aliphatic rings. The first-order chi connectivity index (χ1) is 12.1.